The van der Waals surface area contributed by atoms with Crippen molar-refractivity contribution in [2.75, 3.05) is 73.1 Å². The molecule has 1 fully saturated rings. The zero-order valence-electron chi connectivity index (χ0n) is 16.5. The van der Waals surface area contributed by atoms with E-state index >= 15 is 0 Å². The molecule has 1 N–H and O–H groups in total. The van der Waals surface area contributed by atoms with Crippen LogP contribution in [0.4, 0.5) is 13.2 Å². The third kappa shape index (κ3) is 8.09. The number of rotatable bonds is 9. The Kier molecular flexibility index (Phi) is 10.3. The summed E-state index contributed by atoms with van der Waals surface area (Å²) >= 11 is 0. The first-order chi connectivity index (χ1) is 12.3. The molecule has 1 rings (SSSR count). The largest absolute Gasteiger partial charge is 0.403 e. The van der Waals surface area contributed by atoms with Crippen molar-refractivity contribution in [3.8, 4) is 0 Å². The van der Waals surface area contributed by atoms with Gasteiger partial charge in [-0.05, 0) is 33.9 Å². The summed E-state index contributed by atoms with van der Waals surface area (Å²) in [6, 6.07) is -1.40. The Morgan fingerprint density at radius 2 is 1.88 bits per heavy atom. The lowest BCUT2D eigenvalue weighted by Crippen LogP contribution is -2.56. The van der Waals surface area contributed by atoms with Gasteiger partial charge in [-0.25, -0.2) is 0 Å². The smallest absolute Gasteiger partial charge is 0.383 e. The second-order valence-corrected chi connectivity index (χ2v) is 6.63. The summed E-state index contributed by atoms with van der Waals surface area (Å²) in [7, 11) is 3.74. The van der Waals surface area contributed by atoms with Gasteiger partial charge in [-0.2, -0.15) is 13.2 Å². The number of hydrogen-bond donors (Lipinski definition) is 1. The van der Waals surface area contributed by atoms with Crippen molar-refractivity contribution >= 4 is 5.96 Å². The zero-order chi connectivity index (χ0) is 19.6. The Bertz CT molecular complexity index is 412. The lowest BCUT2D eigenvalue weighted by atomic mass is 10.2. The van der Waals surface area contributed by atoms with Gasteiger partial charge >= 0.3 is 6.18 Å². The van der Waals surface area contributed by atoms with Gasteiger partial charge in [0.05, 0.1) is 6.61 Å². The highest BCUT2D eigenvalue weighted by Gasteiger charge is 2.41. The summed E-state index contributed by atoms with van der Waals surface area (Å²) in [5.74, 6) is 0.798. The van der Waals surface area contributed by atoms with Gasteiger partial charge in [-0.1, -0.05) is 0 Å². The third-order valence-corrected chi connectivity index (χ3v) is 4.61. The Balaban J connectivity index is 2.45. The van der Waals surface area contributed by atoms with Gasteiger partial charge in [0.15, 0.2) is 5.96 Å². The molecule has 0 bridgehead atoms. The number of likely N-dealkylation sites (N-methyl/N-ethyl adjacent to an activating group) is 1. The first-order valence-corrected chi connectivity index (χ1v) is 9.31. The van der Waals surface area contributed by atoms with Crippen LogP contribution < -0.4 is 5.32 Å². The van der Waals surface area contributed by atoms with E-state index in [4.69, 9.17) is 4.74 Å². The zero-order valence-corrected chi connectivity index (χ0v) is 16.5. The van der Waals surface area contributed by atoms with E-state index in [1.54, 1.807) is 7.11 Å². The summed E-state index contributed by atoms with van der Waals surface area (Å²) in [5, 5.41) is 3.25. The fraction of sp³-hybridized carbons (Fsp3) is 0.941. The summed E-state index contributed by atoms with van der Waals surface area (Å²) in [6.07, 6.45) is -3.24. The number of piperazine rings is 1. The molecule has 1 saturated heterocycles. The average Bonchev–Trinajstić information content (AvgIpc) is 2.61. The molecule has 0 amide bonds. The van der Waals surface area contributed by atoms with Crippen LogP contribution in [-0.2, 0) is 4.74 Å². The van der Waals surface area contributed by atoms with Crippen molar-refractivity contribution in [1.82, 2.24) is 20.0 Å². The van der Waals surface area contributed by atoms with Crippen molar-refractivity contribution in [1.29, 1.82) is 0 Å². The van der Waals surface area contributed by atoms with E-state index in [1.807, 2.05) is 6.92 Å². The summed E-state index contributed by atoms with van der Waals surface area (Å²) in [6.45, 7) is 9.09. The predicted octanol–water partition coefficient (Wildman–Crippen LogP) is 1.49. The van der Waals surface area contributed by atoms with Gasteiger partial charge in [-0.3, -0.25) is 9.89 Å². The van der Waals surface area contributed by atoms with E-state index in [1.165, 1.54) is 11.8 Å². The van der Waals surface area contributed by atoms with Crippen LogP contribution in [0.1, 0.15) is 20.3 Å². The monoisotopic (exact) mass is 381 g/mol. The topological polar surface area (TPSA) is 43.3 Å². The van der Waals surface area contributed by atoms with Gasteiger partial charge in [-0.15, -0.1) is 0 Å². The Morgan fingerprint density at radius 1 is 1.23 bits per heavy atom. The maximum atomic E-state index is 12.9. The first kappa shape index (κ1) is 23.0. The minimum absolute atomic E-state index is 0.394. The Labute approximate surface area is 155 Å². The molecule has 1 atom stereocenters. The summed E-state index contributed by atoms with van der Waals surface area (Å²) < 4.78 is 43.6. The van der Waals surface area contributed by atoms with E-state index in [9.17, 15) is 13.2 Å². The SMILES string of the molecule is CCNC(=NCCCN(C)CCOC)N1CCN(C(C)C(F)(F)F)CC1. The van der Waals surface area contributed by atoms with E-state index in [2.05, 4.69) is 27.2 Å². The minimum Gasteiger partial charge on any atom is -0.383 e. The maximum Gasteiger partial charge on any atom is 0.403 e. The molecule has 0 aromatic carbocycles. The quantitative estimate of drug-likeness (QED) is 0.372. The molecule has 154 valence electrons. The molecule has 0 aliphatic carbocycles. The molecule has 26 heavy (non-hydrogen) atoms. The van der Waals surface area contributed by atoms with Crippen LogP contribution in [0, 0.1) is 0 Å². The second kappa shape index (κ2) is 11.6. The average molecular weight is 381 g/mol. The maximum absolute atomic E-state index is 12.9. The molecule has 0 radical (unpaired) electrons. The fourth-order valence-electron chi connectivity index (χ4n) is 2.84. The lowest BCUT2D eigenvalue weighted by molar-refractivity contribution is -0.181. The molecule has 1 aliphatic heterocycles. The van der Waals surface area contributed by atoms with Crippen LogP contribution >= 0.6 is 0 Å². The van der Waals surface area contributed by atoms with Crippen molar-refractivity contribution < 1.29 is 17.9 Å². The predicted molar refractivity (Wildman–Crippen MR) is 98.6 cm³/mol. The number of nitrogens with one attached hydrogen (secondary N) is 1. The second-order valence-electron chi connectivity index (χ2n) is 6.63. The number of guanidine groups is 1. The number of hydrogen-bond acceptors (Lipinski definition) is 4. The normalized spacial score (nSPS) is 18.5. The standard InChI is InChI=1S/C17H34F3N5O/c1-5-21-16(22-7-6-8-23(3)13-14-26-4)25-11-9-24(10-12-25)15(2)17(18,19)20/h15H,5-14H2,1-4H3,(H,21,22). The minimum atomic E-state index is -4.17. The van der Waals surface area contributed by atoms with Gasteiger partial charge < -0.3 is 19.9 Å². The van der Waals surface area contributed by atoms with Crippen molar-refractivity contribution in [3.63, 3.8) is 0 Å². The third-order valence-electron chi connectivity index (χ3n) is 4.61. The summed E-state index contributed by atoms with van der Waals surface area (Å²) in [5.41, 5.74) is 0. The van der Waals surface area contributed by atoms with Crippen molar-refractivity contribution in [2.45, 2.75) is 32.5 Å². The van der Waals surface area contributed by atoms with E-state index in [0.29, 0.717) is 39.3 Å². The highest BCUT2D eigenvalue weighted by Crippen LogP contribution is 2.25. The van der Waals surface area contributed by atoms with Crippen LogP contribution in [0.2, 0.25) is 0 Å². The fourth-order valence-corrected chi connectivity index (χ4v) is 2.84. The molecule has 1 unspecified atom stereocenters. The number of alkyl halides is 3. The van der Waals surface area contributed by atoms with Gasteiger partial charge in [0.25, 0.3) is 0 Å². The molecule has 0 aromatic heterocycles. The number of methoxy groups -OCH3 is 1. The van der Waals surface area contributed by atoms with Crippen LogP contribution in [0.5, 0.6) is 0 Å². The molecular weight excluding hydrogens is 347 g/mol. The van der Waals surface area contributed by atoms with Crippen LogP contribution in [0.3, 0.4) is 0 Å². The molecule has 9 heteroatoms. The molecule has 1 aliphatic rings. The van der Waals surface area contributed by atoms with Crippen molar-refractivity contribution in [3.05, 3.63) is 0 Å². The van der Waals surface area contributed by atoms with Crippen LogP contribution in [0.25, 0.3) is 0 Å². The molecule has 0 aromatic rings. The Hall–Kier alpha value is -1.06. The van der Waals surface area contributed by atoms with E-state index in [0.717, 1.165) is 32.0 Å². The van der Waals surface area contributed by atoms with Gasteiger partial charge in [0.2, 0.25) is 0 Å². The number of ether oxygens (including phenoxy) is 1. The first-order valence-electron chi connectivity index (χ1n) is 9.31. The van der Waals surface area contributed by atoms with Gasteiger partial charge in [0.1, 0.15) is 6.04 Å². The van der Waals surface area contributed by atoms with E-state index in [-0.39, 0.29) is 0 Å². The number of nitrogens with zero attached hydrogens (tertiary/aromatic N) is 4. The highest BCUT2D eigenvalue weighted by molar-refractivity contribution is 5.80. The van der Waals surface area contributed by atoms with Crippen LogP contribution in [-0.4, -0.2) is 106 Å². The molecular formula is C17H34F3N5O. The molecule has 1 heterocycles. The lowest BCUT2D eigenvalue weighted by Gasteiger charge is -2.39. The van der Waals surface area contributed by atoms with Gasteiger partial charge in [0, 0.05) is 52.9 Å². The summed E-state index contributed by atoms with van der Waals surface area (Å²) in [4.78, 5) is 10.4. The van der Waals surface area contributed by atoms with E-state index < -0.39 is 12.2 Å². The van der Waals surface area contributed by atoms with Crippen molar-refractivity contribution in [2.24, 2.45) is 4.99 Å². The molecule has 6 nitrogen and oxygen atoms in total. The highest BCUT2D eigenvalue weighted by atomic mass is 19.4. The Morgan fingerprint density at radius 3 is 2.42 bits per heavy atom. The molecule has 0 spiro atoms. The van der Waals surface area contributed by atoms with Crippen LogP contribution in [0.15, 0.2) is 4.99 Å². The molecule has 0 saturated carbocycles. The number of halogens is 3. The number of aliphatic imine (C=N–C) groups is 1.